The molecule has 26 heavy (non-hydrogen) atoms. The van der Waals surface area contributed by atoms with Crippen LogP contribution < -0.4 is 5.32 Å². The highest BCUT2D eigenvalue weighted by molar-refractivity contribution is 7.19. The summed E-state index contributed by atoms with van der Waals surface area (Å²) in [5.41, 5.74) is 2.16. The quantitative estimate of drug-likeness (QED) is 0.734. The number of amides is 1. The molecule has 1 saturated heterocycles. The second kappa shape index (κ2) is 6.62. The number of thiophene rings is 1. The summed E-state index contributed by atoms with van der Waals surface area (Å²) in [6.07, 6.45) is 3.08. The summed E-state index contributed by atoms with van der Waals surface area (Å²) in [5, 5.41) is 12.7. The minimum absolute atomic E-state index is 0.0466. The van der Waals surface area contributed by atoms with Crippen molar-refractivity contribution in [2.45, 2.75) is 26.0 Å². The Kier molecular flexibility index (Phi) is 4.29. The van der Waals surface area contributed by atoms with Crippen LogP contribution >= 0.6 is 11.3 Å². The van der Waals surface area contributed by atoms with Crippen molar-refractivity contribution in [3.63, 3.8) is 0 Å². The maximum atomic E-state index is 12.8. The van der Waals surface area contributed by atoms with Gasteiger partial charge in [-0.15, -0.1) is 11.3 Å². The van der Waals surface area contributed by atoms with Crippen molar-refractivity contribution in [2.24, 2.45) is 0 Å². The van der Waals surface area contributed by atoms with Crippen LogP contribution in [0.4, 0.5) is 5.95 Å². The van der Waals surface area contributed by atoms with Crippen LogP contribution in [0.1, 0.15) is 33.9 Å². The van der Waals surface area contributed by atoms with Crippen LogP contribution in [0.5, 0.6) is 0 Å². The first-order valence-electron chi connectivity index (χ1n) is 8.43. The maximum Gasteiger partial charge on any atom is 0.274 e. The molecular weight excluding hydrogens is 350 g/mol. The van der Waals surface area contributed by atoms with E-state index in [4.69, 9.17) is 0 Å². The minimum Gasteiger partial charge on any atom is -0.389 e. The Hall–Kier alpha value is -2.58. The van der Waals surface area contributed by atoms with Crippen LogP contribution in [-0.2, 0) is 0 Å². The van der Waals surface area contributed by atoms with E-state index in [0.717, 1.165) is 20.7 Å². The van der Waals surface area contributed by atoms with Crippen molar-refractivity contribution in [1.82, 2.24) is 19.9 Å². The van der Waals surface area contributed by atoms with E-state index in [1.165, 1.54) is 11.3 Å². The molecule has 4 rings (SSSR count). The van der Waals surface area contributed by atoms with E-state index < -0.39 is 6.10 Å². The Bertz CT molecular complexity index is 953. The van der Waals surface area contributed by atoms with Gasteiger partial charge in [-0.2, -0.15) is 0 Å². The zero-order valence-corrected chi connectivity index (χ0v) is 15.3. The molecule has 3 aromatic rings. The highest BCUT2D eigenvalue weighted by Gasteiger charge is 2.32. The molecule has 134 valence electrons. The molecule has 0 saturated carbocycles. The first-order valence-corrected chi connectivity index (χ1v) is 9.25. The monoisotopic (exact) mass is 369 g/mol. The van der Waals surface area contributed by atoms with E-state index in [-0.39, 0.29) is 11.9 Å². The van der Waals surface area contributed by atoms with Crippen molar-refractivity contribution < 1.29 is 9.90 Å². The number of carbonyl (C=O) groups is 1. The van der Waals surface area contributed by atoms with Gasteiger partial charge in [-0.05, 0) is 31.5 Å². The number of pyridine rings is 1. The number of aromatic nitrogens is 3. The maximum absolute atomic E-state index is 12.8. The Balaban J connectivity index is 1.68. The molecule has 1 amide bonds. The molecule has 0 aliphatic carbocycles. The van der Waals surface area contributed by atoms with E-state index in [9.17, 15) is 9.90 Å². The highest BCUT2D eigenvalue weighted by Crippen LogP contribution is 2.29. The van der Waals surface area contributed by atoms with Crippen molar-refractivity contribution >= 4 is 33.4 Å². The van der Waals surface area contributed by atoms with Gasteiger partial charge in [-0.25, -0.2) is 9.97 Å². The first kappa shape index (κ1) is 16.9. The van der Waals surface area contributed by atoms with E-state index >= 15 is 0 Å². The van der Waals surface area contributed by atoms with E-state index in [2.05, 4.69) is 20.3 Å². The number of aliphatic hydroxyl groups excluding tert-OH is 1. The average molecular weight is 369 g/mol. The summed E-state index contributed by atoms with van der Waals surface area (Å²) in [7, 11) is 0. The number of anilines is 1. The summed E-state index contributed by atoms with van der Waals surface area (Å²) in [5.74, 6) is 0.248. The van der Waals surface area contributed by atoms with Gasteiger partial charge in [0.2, 0.25) is 5.95 Å². The van der Waals surface area contributed by atoms with E-state index in [1.807, 2.05) is 32.0 Å². The number of hydrogen-bond donors (Lipinski definition) is 2. The minimum atomic E-state index is -0.440. The number of fused-ring (bicyclic) bond motifs is 1. The smallest absolute Gasteiger partial charge is 0.274 e. The largest absolute Gasteiger partial charge is 0.389 e. The second-order valence-corrected chi connectivity index (χ2v) is 7.74. The molecule has 1 aliphatic rings. The van der Waals surface area contributed by atoms with Crippen LogP contribution in [-0.4, -0.2) is 50.1 Å². The third-order valence-electron chi connectivity index (χ3n) is 4.38. The predicted octanol–water partition coefficient (Wildman–Crippen LogP) is 2.38. The number of hydrogen-bond acceptors (Lipinski definition) is 7. The Morgan fingerprint density at radius 3 is 2.92 bits per heavy atom. The van der Waals surface area contributed by atoms with Gasteiger partial charge in [0.05, 0.1) is 22.4 Å². The topological polar surface area (TPSA) is 91.2 Å². The van der Waals surface area contributed by atoms with Crippen LogP contribution in [0.3, 0.4) is 0 Å². The number of likely N-dealkylation sites (tertiary alicyclic amines) is 1. The molecule has 0 bridgehead atoms. The molecule has 0 aromatic carbocycles. The molecule has 1 atom stereocenters. The second-order valence-electron chi connectivity index (χ2n) is 6.48. The molecule has 3 aromatic heterocycles. The van der Waals surface area contributed by atoms with Gasteiger partial charge in [-0.1, -0.05) is 6.07 Å². The third kappa shape index (κ3) is 3.13. The molecule has 1 unspecified atom stereocenters. The van der Waals surface area contributed by atoms with Crippen LogP contribution in [0.2, 0.25) is 0 Å². The van der Waals surface area contributed by atoms with Gasteiger partial charge < -0.3 is 15.3 Å². The van der Waals surface area contributed by atoms with Crippen molar-refractivity contribution in [3.8, 4) is 0 Å². The van der Waals surface area contributed by atoms with Gasteiger partial charge >= 0.3 is 0 Å². The van der Waals surface area contributed by atoms with Crippen LogP contribution in [0.25, 0.3) is 10.2 Å². The lowest BCUT2D eigenvalue weighted by atomic mass is 10.1. The van der Waals surface area contributed by atoms with E-state index in [1.54, 1.807) is 17.3 Å². The molecule has 2 N–H and O–H groups in total. The fraction of sp³-hybridized carbons (Fsp3) is 0.333. The summed E-state index contributed by atoms with van der Waals surface area (Å²) < 4.78 is 0.786. The van der Waals surface area contributed by atoms with Crippen molar-refractivity contribution in [2.75, 3.05) is 18.4 Å². The van der Waals surface area contributed by atoms with Gasteiger partial charge in [0.15, 0.2) is 5.69 Å². The number of nitrogens with zero attached hydrogens (tertiary/aromatic N) is 4. The average Bonchev–Trinajstić information content (AvgIpc) is 2.98. The normalized spacial score (nSPS) is 15.7. The number of carbonyl (C=O) groups excluding carboxylic acids is 1. The number of rotatable bonds is 4. The molecule has 7 nitrogen and oxygen atoms in total. The molecule has 4 heterocycles. The molecule has 0 spiro atoms. The summed E-state index contributed by atoms with van der Waals surface area (Å²) in [6, 6.07) is 5.77. The molecule has 1 fully saturated rings. The van der Waals surface area contributed by atoms with Crippen LogP contribution in [0, 0.1) is 6.92 Å². The SMILES string of the molecule is Cc1cc2nc(NC(C)c3cccnc3)nc(C(=O)N3CC(O)C3)c2s1. The highest BCUT2D eigenvalue weighted by atomic mass is 32.1. The van der Waals surface area contributed by atoms with Gasteiger partial charge in [-0.3, -0.25) is 9.78 Å². The lowest BCUT2D eigenvalue weighted by molar-refractivity contribution is 0.00567. The summed E-state index contributed by atoms with van der Waals surface area (Å²) in [6.45, 7) is 4.68. The zero-order chi connectivity index (χ0) is 18.3. The third-order valence-corrected chi connectivity index (χ3v) is 5.42. The lowest BCUT2D eigenvalue weighted by Crippen LogP contribution is -2.53. The molecule has 0 radical (unpaired) electrons. The zero-order valence-electron chi connectivity index (χ0n) is 14.5. The fourth-order valence-electron chi connectivity index (χ4n) is 2.94. The van der Waals surface area contributed by atoms with E-state index in [0.29, 0.717) is 24.7 Å². The molecular formula is C18H19N5O2S. The lowest BCUT2D eigenvalue weighted by Gasteiger charge is -2.35. The number of aryl methyl sites for hydroxylation is 1. The standard InChI is InChI=1S/C18H19N5O2S/c1-10-6-14-16(26-10)15(17(25)23-8-13(24)9-23)22-18(21-14)20-11(2)12-4-3-5-19-7-12/h3-7,11,13,24H,8-9H2,1-2H3,(H,20,21,22). The fourth-order valence-corrected chi connectivity index (χ4v) is 3.87. The predicted molar refractivity (Wildman–Crippen MR) is 100 cm³/mol. The Morgan fingerprint density at radius 1 is 1.42 bits per heavy atom. The number of aliphatic hydroxyl groups is 1. The number of nitrogens with one attached hydrogen (secondary N) is 1. The summed E-state index contributed by atoms with van der Waals surface area (Å²) in [4.78, 5) is 28.7. The first-order chi connectivity index (χ1) is 12.5. The molecule has 1 aliphatic heterocycles. The number of β-amino-alcohol motifs (C(OH)–C–C–N with tert-alkyl or cyclic N) is 1. The van der Waals surface area contributed by atoms with Gasteiger partial charge in [0.1, 0.15) is 0 Å². The van der Waals surface area contributed by atoms with Gasteiger partial charge in [0, 0.05) is 30.4 Å². The van der Waals surface area contributed by atoms with Gasteiger partial charge in [0.25, 0.3) is 5.91 Å². The Labute approximate surface area is 154 Å². The van der Waals surface area contributed by atoms with Crippen molar-refractivity contribution in [3.05, 3.63) is 46.7 Å². The van der Waals surface area contributed by atoms with Crippen molar-refractivity contribution in [1.29, 1.82) is 0 Å². The Morgan fingerprint density at radius 2 is 2.23 bits per heavy atom. The summed E-state index contributed by atoms with van der Waals surface area (Å²) >= 11 is 1.51. The van der Waals surface area contributed by atoms with Crippen LogP contribution in [0.15, 0.2) is 30.6 Å². The molecule has 8 heteroatoms.